The Bertz CT molecular complexity index is 290. The van der Waals surface area contributed by atoms with E-state index >= 15 is 0 Å². The highest BCUT2D eigenvalue weighted by molar-refractivity contribution is 6.00. The number of rotatable bonds is 4. The molecular formula is C12H17NO. The zero-order valence-electron chi connectivity index (χ0n) is 9.03. The van der Waals surface area contributed by atoms with Gasteiger partial charge in [0.05, 0.1) is 5.71 Å². The second-order valence-electron chi connectivity index (χ2n) is 3.68. The molecule has 0 saturated carbocycles. The molecule has 0 aliphatic rings. The maximum Gasteiger partial charge on any atom is 0.106 e. The van der Waals surface area contributed by atoms with E-state index in [0.717, 1.165) is 17.7 Å². The van der Waals surface area contributed by atoms with Crippen LogP contribution in [0, 0.1) is 5.92 Å². The third-order valence-corrected chi connectivity index (χ3v) is 1.91. The largest absolute Gasteiger partial charge is 0.399 e. The number of hydrogen-bond donors (Lipinski definition) is 0. The summed E-state index contributed by atoms with van der Waals surface area (Å²) in [6, 6.07) is 10.1. The monoisotopic (exact) mass is 191 g/mol. The molecule has 0 radical (unpaired) electrons. The van der Waals surface area contributed by atoms with Crippen molar-refractivity contribution >= 4 is 5.71 Å². The van der Waals surface area contributed by atoms with E-state index in [0.29, 0.717) is 5.92 Å². The van der Waals surface area contributed by atoms with Gasteiger partial charge in [-0.2, -0.15) is 0 Å². The first kappa shape index (κ1) is 10.8. The molecule has 1 aromatic carbocycles. The van der Waals surface area contributed by atoms with E-state index in [1.54, 1.807) is 7.11 Å². The highest BCUT2D eigenvalue weighted by atomic mass is 16.6. The summed E-state index contributed by atoms with van der Waals surface area (Å²) in [7, 11) is 1.59. The van der Waals surface area contributed by atoms with Crippen molar-refractivity contribution in [2.24, 2.45) is 11.1 Å². The van der Waals surface area contributed by atoms with Gasteiger partial charge >= 0.3 is 0 Å². The molecule has 1 rings (SSSR count). The zero-order valence-corrected chi connectivity index (χ0v) is 9.03. The molecule has 0 spiro atoms. The summed E-state index contributed by atoms with van der Waals surface area (Å²) in [6.07, 6.45) is 0.942. The molecule has 14 heavy (non-hydrogen) atoms. The van der Waals surface area contributed by atoms with E-state index in [1.165, 1.54) is 0 Å². The fraction of sp³-hybridized carbons (Fsp3) is 0.417. The minimum absolute atomic E-state index is 0.587. The quantitative estimate of drug-likeness (QED) is 0.529. The minimum atomic E-state index is 0.587. The van der Waals surface area contributed by atoms with Crippen molar-refractivity contribution in [2.75, 3.05) is 7.11 Å². The van der Waals surface area contributed by atoms with Crippen LogP contribution in [0.3, 0.4) is 0 Å². The van der Waals surface area contributed by atoms with Crippen molar-refractivity contribution in [3.05, 3.63) is 35.9 Å². The number of oxime groups is 1. The lowest BCUT2D eigenvalue weighted by Crippen LogP contribution is -2.05. The SMILES string of the molecule is CON=C(CC(C)C)c1ccccc1. The first-order chi connectivity index (χ1) is 6.74. The van der Waals surface area contributed by atoms with Gasteiger partial charge in [0.25, 0.3) is 0 Å². The van der Waals surface area contributed by atoms with Crippen LogP contribution in [0.1, 0.15) is 25.8 Å². The Morgan fingerprint density at radius 1 is 1.29 bits per heavy atom. The van der Waals surface area contributed by atoms with Crippen molar-refractivity contribution in [1.29, 1.82) is 0 Å². The van der Waals surface area contributed by atoms with Crippen LogP contribution in [-0.4, -0.2) is 12.8 Å². The Morgan fingerprint density at radius 2 is 1.93 bits per heavy atom. The predicted molar refractivity (Wildman–Crippen MR) is 59.4 cm³/mol. The highest BCUT2D eigenvalue weighted by Gasteiger charge is 2.06. The molecule has 0 saturated heterocycles. The smallest absolute Gasteiger partial charge is 0.106 e. The molecule has 0 atom stereocenters. The highest BCUT2D eigenvalue weighted by Crippen LogP contribution is 2.10. The van der Waals surface area contributed by atoms with Gasteiger partial charge in [0.15, 0.2) is 0 Å². The van der Waals surface area contributed by atoms with Gasteiger partial charge in [0.1, 0.15) is 7.11 Å². The van der Waals surface area contributed by atoms with E-state index in [-0.39, 0.29) is 0 Å². The summed E-state index contributed by atoms with van der Waals surface area (Å²) >= 11 is 0. The van der Waals surface area contributed by atoms with E-state index < -0.39 is 0 Å². The molecule has 2 heteroatoms. The molecule has 0 fully saturated rings. The van der Waals surface area contributed by atoms with E-state index in [2.05, 4.69) is 31.1 Å². The normalized spacial score (nSPS) is 11.9. The van der Waals surface area contributed by atoms with Crippen LogP contribution in [0.15, 0.2) is 35.5 Å². The topological polar surface area (TPSA) is 21.6 Å². The Hall–Kier alpha value is -1.31. The molecule has 0 N–H and O–H groups in total. The van der Waals surface area contributed by atoms with Gasteiger partial charge < -0.3 is 4.84 Å². The molecule has 76 valence electrons. The molecule has 2 nitrogen and oxygen atoms in total. The lowest BCUT2D eigenvalue weighted by atomic mass is 10.0. The predicted octanol–water partition coefficient (Wildman–Crippen LogP) is 3.08. The van der Waals surface area contributed by atoms with Gasteiger partial charge in [-0.05, 0) is 17.9 Å². The van der Waals surface area contributed by atoms with Gasteiger partial charge in [-0.3, -0.25) is 0 Å². The van der Waals surface area contributed by atoms with Crippen LogP contribution in [0.2, 0.25) is 0 Å². The van der Waals surface area contributed by atoms with Gasteiger partial charge in [-0.1, -0.05) is 49.3 Å². The van der Waals surface area contributed by atoms with Crippen molar-refractivity contribution in [3.63, 3.8) is 0 Å². The van der Waals surface area contributed by atoms with Crippen molar-refractivity contribution < 1.29 is 4.84 Å². The minimum Gasteiger partial charge on any atom is -0.399 e. The zero-order chi connectivity index (χ0) is 10.4. The fourth-order valence-electron chi connectivity index (χ4n) is 1.34. The molecular weight excluding hydrogens is 174 g/mol. The maximum absolute atomic E-state index is 4.85. The van der Waals surface area contributed by atoms with Crippen LogP contribution in [0.5, 0.6) is 0 Å². The van der Waals surface area contributed by atoms with E-state index in [9.17, 15) is 0 Å². The lowest BCUT2D eigenvalue weighted by Gasteiger charge is -2.07. The Kier molecular flexibility index (Phi) is 4.17. The average molecular weight is 191 g/mol. The van der Waals surface area contributed by atoms with Crippen LogP contribution < -0.4 is 0 Å². The van der Waals surface area contributed by atoms with E-state index in [1.807, 2.05) is 18.2 Å². The first-order valence-corrected chi connectivity index (χ1v) is 4.89. The van der Waals surface area contributed by atoms with Crippen molar-refractivity contribution in [2.45, 2.75) is 20.3 Å². The molecule has 0 amide bonds. The molecule has 0 aliphatic heterocycles. The summed E-state index contributed by atoms with van der Waals surface area (Å²) in [5.41, 5.74) is 2.16. The maximum atomic E-state index is 4.85. The second kappa shape index (κ2) is 5.43. The van der Waals surface area contributed by atoms with Crippen LogP contribution >= 0.6 is 0 Å². The number of hydrogen-bond acceptors (Lipinski definition) is 2. The van der Waals surface area contributed by atoms with Gasteiger partial charge in [0.2, 0.25) is 0 Å². The third kappa shape index (κ3) is 3.21. The standard InChI is InChI=1S/C12H17NO/c1-10(2)9-12(13-14-3)11-7-5-4-6-8-11/h4-8,10H,9H2,1-3H3. The van der Waals surface area contributed by atoms with Crippen LogP contribution in [-0.2, 0) is 4.84 Å². The Morgan fingerprint density at radius 3 is 2.43 bits per heavy atom. The molecule has 0 unspecified atom stereocenters. The summed E-state index contributed by atoms with van der Waals surface area (Å²) < 4.78 is 0. The van der Waals surface area contributed by atoms with E-state index in [4.69, 9.17) is 4.84 Å². The molecule has 0 aromatic heterocycles. The van der Waals surface area contributed by atoms with Gasteiger partial charge in [-0.15, -0.1) is 0 Å². The van der Waals surface area contributed by atoms with Crippen LogP contribution in [0.25, 0.3) is 0 Å². The van der Waals surface area contributed by atoms with Crippen LogP contribution in [0.4, 0.5) is 0 Å². The Labute approximate surface area is 85.6 Å². The van der Waals surface area contributed by atoms with Crippen molar-refractivity contribution in [1.82, 2.24) is 0 Å². The lowest BCUT2D eigenvalue weighted by molar-refractivity contribution is 0.212. The van der Waals surface area contributed by atoms with Gasteiger partial charge in [-0.25, -0.2) is 0 Å². The number of nitrogens with zero attached hydrogens (tertiary/aromatic N) is 1. The third-order valence-electron chi connectivity index (χ3n) is 1.91. The summed E-state index contributed by atoms with van der Waals surface area (Å²) in [4.78, 5) is 4.85. The van der Waals surface area contributed by atoms with Gasteiger partial charge in [0, 0.05) is 0 Å². The summed E-state index contributed by atoms with van der Waals surface area (Å²) in [5.74, 6) is 0.587. The summed E-state index contributed by atoms with van der Waals surface area (Å²) in [6.45, 7) is 4.35. The summed E-state index contributed by atoms with van der Waals surface area (Å²) in [5, 5.41) is 4.05. The van der Waals surface area contributed by atoms with Crippen molar-refractivity contribution in [3.8, 4) is 0 Å². The fourth-order valence-corrected chi connectivity index (χ4v) is 1.34. The molecule has 0 aliphatic carbocycles. The second-order valence-corrected chi connectivity index (χ2v) is 3.68. The molecule has 0 bridgehead atoms. The number of benzene rings is 1. The Balaban J connectivity index is 2.84. The average Bonchev–Trinajstić information content (AvgIpc) is 2.18. The first-order valence-electron chi connectivity index (χ1n) is 4.89. The molecule has 1 aromatic rings. The molecule has 0 heterocycles.